The van der Waals surface area contributed by atoms with Crippen LogP contribution >= 0.6 is 22.9 Å². The highest BCUT2D eigenvalue weighted by molar-refractivity contribution is 7.91. The summed E-state index contributed by atoms with van der Waals surface area (Å²) in [6.45, 7) is -0.106. The molecule has 22 heavy (non-hydrogen) atoms. The van der Waals surface area contributed by atoms with Gasteiger partial charge in [-0.3, -0.25) is 4.98 Å². The Morgan fingerprint density at radius 1 is 1.27 bits per heavy atom. The summed E-state index contributed by atoms with van der Waals surface area (Å²) in [5.74, 6) is 0.437. The zero-order valence-electron chi connectivity index (χ0n) is 10.9. The third kappa shape index (κ3) is 3.33. The second-order valence-electron chi connectivity index (χ2n) is 4.13. The molecule has 0 radical (unpaired) electrons. The third-order valence-corrected chi connectivity index (χ3v) is 5.73. The van der Waals surface area contributed by atoms with Crippen LogP contribution in [0.1, 0.15) is 5.89 Å². The van der Waals surface area contributed by atoms with Crippen molar-refractivity contribution in [2.45, 2.75) is 10.8 Å². The first kappa shape index (κ1) is 15.1. The highest BCUT2D eigenvalue weighted by Gasteiger charge is 2.18. The van der Waals surface area contributed by atoms with Gasteiger partial charge in [0.2, 0.25) is 11.8 Å². The molecule has 10 heteroatoms. The first-order valence-corrected chi connectivity index (χ1v) is 8.70. The average molecular weight is 357 g/mol. The zero-order chi connectivity index (χ0) is 15.6. The van der Waals surface area contributed by atoms with Gasteiger partial charge in [-0.15, -0.1) is 21.5 Å². The molecule has 0 saturated heterocycles. The van der Waals surface area contributed by atoms with Crippen molar-refractivity contribution in [1.82, 2.24) is 19.9 Å². The number of sulfonamides is 1. The van der Waals surface area contributed by atoms with Crippen LogP contribution in [0.2, 0.25) is 4.34 Å². The fourth-order valence-corrected chi connectivity index (χ4v) is 4.10. The van der Waals surface area contributed by atoms with E-state index in [0.717, 1.165) is 11.3 Å². The molecule has 0 fully saturated rings. The highest BCUT2D eigenvalue weighted by Crippen LogP contribution is 2.25. The fourth-order valence-electron chi connectivity index (χ4n) is 1.60. The monoisotopic (exact) mass is 356 g/mol. The van der Waals surface area contributed by atoms with Crippen LogP contribution in [0.4, 0.5) is 0 Å². The number of nitrogens with zero attached hydrogens (tertiary/aromatic N) is 3. The zero-order valence-corrected chi connectivity index (χ0v) is 13.3. The van der Waals surface area contributed by atoms with E-state index in [-0.39, 0.29) is 22.5 Å². The second-order valence-corrected chi connectivity index (χ2v) is 7.83. The van der Waals surface area contributed by atoms with Crippen molar-refractivity contribution in [3.8, 4) is 11.5 Å². The van der Waals surface area contributed by atoms with Gasteiger partial charge in [0.15, 0.2) is 0 Å². The number of rotatable bonds is 5. The first-order chi connectivity index (χ1) is 10.5. The van der Waals surface area contributed by atoms with Crippen LogP contribution in [0.5, 0.6) is 0 Å². The molecule has 0 saturated carbocycles. The molecule has 3 heterocycles. The molecule has 0 bridgehead atoms. The fraction of sp³-hybridized carbons (Fsp3) is 0.0833. The molecule has 3 aromatic rings. The normalized spacial score (nSPS) is 11.7. The molecule has 114 valence electrons. The summed E-state index contributed by atoms with van der Waals surface area (Å²) in [6.07, 6.45) is 3.20. The van der Waals surface area contributed by atoms with E-state index in [1.807, 2.05) is 0 Å². The maximum Gasteiger partial charge on any atom is 0.250 e. The Balaban J connectivity index is 1.71. The van der Waals surface area contributed by atoms with Crippen LogP contribution in [-0.4, -0.2) is 23.6 Å². The lowest BCUT2D eigenvalue weighted by Crippen LogP contribution is -2.22. The molecular formula is C12H9ClN4O3S2. The number of hydrogen-bond donors (Lipinski definition) is 1. The van der Waals surface area contributed by atoms with Gasteiger partial charge >= 0.3 is 0 Å². The van der Waals surface area contributed by atoms with E-state index in [1.54, 1.807) is 24.5 Å². The van der Waals surface area contributed by atoms with Crippen LogP contribution < -0.4 is 4.72 Å². The van der Waals surface area contributed by atoms with E-state index in [4.69, 9.17) is 16.0 Å². The van der Waals surface area contributed by atoms with Crippen molar-refractivity contribution in [3.63, 3.8) is 0 Å². The molecule has 0 aromatic carbocycles. The molecule has 0 aliphatic carbocycles. The largest absolute Gasteiger partial charge is 0.419 e. The van der Waals surface area contributed by atoms with Gasteiger partial charge in [-0.05, 0) is 24.3 Å². The highest BCUT2D eigenvalue weighted by atomic mass is 35.5. The number of halogens is 1. The summed E-state index contributed by atoms with van der Waals surface area (Å²) >= 11 is 6.71. The number of thiophene rings is 1. The van der Waals surface area contributed by atoms with E-state index in [1.165, 1.54) is 12.1 Å². The molecular weight excluding hydrogens is 348 g/mol. The molecule has 0 aliphatic rings. The number of pyridine rings is 1. The van der Waals surface area contributed by atoms with Crippen LogP contribution in [-0.2, 0) is 16.6 Å². The second kappa shape index (κ2) is 6.13. The van der Waals surface area contributed by atoms with Crippen LogP contribution in [0.3, 0.4) is 0 Å². The van der Waals surface area contributed by atoms with Crippen molar-refractivity contribution in [1.29, 1.82) is 0 Å². The maximum absolute atomic E-state index is 12.0. The summed E-state index contributed by atoms with van der Waals surface area (Å²) in [7, 11) is -3.65. The van der Waals surface area contributed by atoms with Crippen LogP contribution in [0.25, 0.3) is 11.5 Å². The Bertz CT molecular complexity index is 877. The van der Waals surface area contributed by atoms with Gasteiger partial charge in [0.05, 0.1) is 16.4 Å². The molecule has 7 nitrogen and oxygen atoms in total. The summed E-state index contributed by atoms with van der Waals surface area (Å²) in [5.41, 5.74) is 0.661. The van der Waals surface area contributed by atoms with E-state index < -0.39 is 10.0 Å². The van der Waals surface area contributed by atoms with Gasteiger partial charge in [0.25, 0.3) is 10.0 Å². The molecule has 0 atom stereocenters. The number of nitrogens with one attached hydrogen (secondary N) is 1. The van der Waals surface area contributed by atoms with Gasteiger partial charge in [-0.1, -0.05) is 11.6 Å². The minimum Gasteiger partial charge on any atom is -0.419 e. The Kier molecular flexibility index (Phi) is 4.21. The molecule has 0 amide bonds. The van der Waals surface area contributed by atoms with Crippen molar-refractivity contribution >= 4 is 33.0 Å². The molecule has 3 aromatic heterocycles. The lowest BCUT2D eigenvalue weighted by molar-refractivity contribution is 0.494. The van der Waals surface area contributed by atoms with E-state index in [9.17, 15) is 8.42 Å². The van der Waals surface area contributed by atoms with E-state index >= 15 is 0 Å². The molecule has 3 rings (SSSR count). The minimum atomic E-state index is -3.65. The standard InChI is InChI=1S/C12H9ClN4O3S2/c13-9-3-4-11(21-9)22(18,19)15-7-10-16-17-12(20-10)8-2-1-5-14-6-8/h1-6,15H,7H2. The smallest absolute Gasteiger partial charge is 0.250 e. The van der Waals surface area contributed by atoms with Crippen molar-refractivity contribution in [2.24, 2.45) is 0 Å². The van der Waals surface area contributed by atoms with Crippen molar-refractivity contribution in [2.75, 3.05) is 0 Å². The van der Waals surface area contributed by atoms with Crippen molar-refractivity contribution in [3.05, 3.63) is 46.9 Å². The topological polar surface area (TPSA) is 98.0 Å². The predicted octanol–water partition coefficient (Wildman–Crippen LogP) is 2.33. The molecule has 0 unspecified atom stereocenters. The van der Waals surface area contributed by atoms with Crippen molar-refractivity contribution < 1.29 is 12.8 Å². The Hall–Kier alpha value is -1.81. The Morgan fingerprint density at radius 3 is 2.82 bits per heavy atom. The summed E-state index contributed by atoms with van der Waals surface area (Å²) in [5, 5.41) is 7.65. The quantitative estimate of drug-likeness (QED) is 0.753. The molecule has 0 aliphatic heterocycles. The first-order valence-electron chi connectivity index (χ1n) is 6.02. The van der Waals surface area contributed by atoms with E-state index in [0.29, 0.717) is 9.90 Å². The maximum atomic E-state index is 12.0. The summed E-state index contributed by atoms with van der Waals surface area (Å²) in [4.78, 5) is 3.95. The van der Waals surface area contributed by atoms with Crippen LogP contribution in [0.15, 0.2) is 45.3 Å². The number of aromatic nitrogens is 3. The molecule has 1 N–H and O–H groups in total. The van der Waals surface area contributed by atoms with Crippen LogP contribution in [0, 0.1) is 0 Å². The lowest BCUT2D eigenvalue weighted by Gasteiger charge is -2.01. The Morgan fingerprint density at radius 2 is 2.14 bits per heavy atom. The predicted molar refractivity (Wildman–Crippen MR) is 80.9 cm³/mol. The SMILES string of the molecule is O=S(=O)(NCc1nnc(-c2cccnc2)o1)c1ccc(Cl)s1. The molecule has 0 spiro atoms. The summed E-state index contributed by atoms with van der Waals surface area (Å²) < 4.78 is 32.4. The third-order valence-electron chi connectivity index (χ3n) is 2.60. The lowest BCUT2D eigenvalue weighted by atomic mass is 10.3. The minimum absolute atomic E-state index is 0.106. The Labute approximate surface area is 135 Å². The number of hydrogen-bond acceptors (Lipinski definition) is 7. The van der Waals surface area contributed by atoms with Gasteiger partial charge in [0.1, 0.15) is 4.21 Å². The van der Waals surface area contributed by atoms with Gasteiger partial charge < -0.3 is 4.42 Å². The van der Waals surface area contributed by atoms with E-state index in [2.05, 4.69) is 19.9 Å². The van der Waals surface area contributed by atoms with Gasteiger partial charge in [-0.2, -0.15) is 0 Å². The van der Waals surface area contributed by atoms with Gasteiger partial charge in [0, 0.05) is 12.4 Å². The summed E-state index contributed by atoms with van der Waals surface area (Å²) in [6, 6.07) is 6.46. The average Bonchev–Trinajstić information content (AvgIpc) is 3.15. The van der Waals surface area contributed by atoms with Gasteiger partial charge in [-0.25, -0.2) is 13.1 Å².